The number of hydrogen-bond acceptors (Lipinski definition) is 8. The Kier molecular flexibility index (Phi) is 4.14. The number of benzene rings is 1. The molecule has 1 aromatic heterocycles. The zero-order chi connectivity index (χ0) is 15.4. The molecule has 0 saturated heterocycles. The maximum absolute atomic E-state index is 11.0. The molecule has 0 aliphatic rings. The number of hydrazine groups is 1. The van der Waals surface area contributed by atoms with Crippen LogP contribution in [0.5, 0.6) is 17.4 Å². The molecular weight excluding hydrogens is 278 g/mol. The van der Waals surface area contributed by atoms with Gasteiger partial charge in [-0.25, -0.2) is 10.8 Å². The van der Waals surface area contributed by atoms with Crippen molar-refractivity contribution in [2.75, 3.05) is 12.5 Å². The number of aryl methyl sites for hydroxylation is 1. The maximum atomic E-state index is 11.0. The summed E-state index contributed by atoms with van der Waals surface area (Å²) in [4.78, 5) is 17.9. The fraction of sp³-hybridized carbons (Fsp3) is 0.167. The van der Waals surface area contributed by atoms with Crippen molar-refractivity contribution in [3.8, 4) is 17.4 Å². The zero-order valence-corrected chi connectivity index (χ0v) is 11.4. The SMILES string of the molecule is COc1cc(C)ccc1Oc1nc(NN)ncc1[N+](=O)[O-]. The Morgan fingerprint density at radius 3 is 2.76 bits per heavy atom. The second kappa shape index (κ2) is 6.01. The summed E-state index contributed by atoms with van der Waals surface area (Å²) in [5.74, 6) is 5.69. The highest BCUT2D eigenvalue weighted by molar-refractivity contribution is 5.49. The lowest BCUT2D eigenvalue weighted by Crippen LogP contribution is -2.11. The van der Waals surface area contributed by atoms with Gasteiger partial charge in [-0.1, -0.05) is 6.07 Å². The van der Waals surface area contributed by atoms with E-state index in [9.17, 15) is 10.1 Å². The minimum atomic E-state index is -0.643. The largest absolute Gasteiger partial charge is 0.493 e. The van der Waals surface area contributed by atoms with Gasteiger partial charge in [-0.2, -0.15) is 4.98 Å². The molecule has 0 aliphatic carbocycles. The number of ether oxygens (including phenoxy) is 2. The molecule has 9 nitrogen and oxygen atoms in total. The molecule has 0 spiro atoms. The van der Waals surface area contributed by atoms with Gasteiger partial charge in [0.05, 0.1) is 12.0 Å². The van der Waals surface area contributed by atoms with Crippen LogP contribution in [0.4, 0.5) is 11.6 Å². The van der Waals surface area contributed by atoms with Crippen LogP contribution in [0.1, 0.15) is 5.56 Å². The van der Waals surface area contributed by atoms with Gasteiger partial charge in [-0.05, 0) is 24.6 Å². The second-order valence-corrected chi connectivity index (χ2v) is 4.04. The Balaban J connectivity index is 2.45. The van der Waals surface area contributed by atoms with E-state index < -0.39 is 4.92 Å². The van der Waals surface area contributed by atoms with Crippen molar-refractivity contribution >= 4 is 11.6 Å². The third-order valence-corrected chi connectivity index (χ3v) is 2.59. The van der Waals surface area contributed by atoms with E-state index in [0.29, 0.717) is 11.5 Å². The van der Waals surface area contributed by atoms with Crippen LogP contribution < -0.4 is 20.7 Å². The summed E-state index contributed by atoms with van der Waals surface area (Å²) in [5.41, 5.74) is 2.78. The van der Waals surface area contributed by atoms with Crippen molar-refractivity contribution < 1.29 is 14.4 Å². The minimum absolute atomic E-state index is 0.00155. The highest BCUT2D eigenvalue weighted by Crippen LogP contribution is 2.35. The topological polar surface area (TPSA) is 125 Å². The third-order valence-electron chi connectivity index (χ3n) is 2.59. The first-order valence-electron chi connectivity index (χ1n) is 5.85. The molecule has 0 saturated carbocycles. The monoisotopic (exact) mass is 291 g/mol. The Hall–Kier alpha value is -2.94. The van der Waals surface area contributed by atoms with Crippen LogP contribution in [0.2, 0.25) is 0 Å². The molecule has 0 bridgehead atoms. The van der Waals surface area contributed by atoms with Gasteiger partial charge in [0.2, 0.25) is 5.95 Å². The lowest BCUT2D eigenvalue weighted by molar-refractivity contribution is -0.386. The first kappa shape index (κ1) is 14.5. The number of nitrogens with two attached hydrogens (primary N) is 1. The highest BCUT2D eigenvalue weighted by Gasteiger charge is 2.21. The van der Waals surface area contributed by atoms with Crippen LogP contribution in [0.3, 0.4) is 0 Å². The molecule has 2 rings (SSSR count). The summed E-state index contributed by atoms with van der Waals surface area (Å²) in [5, 5.41) is 11.0. The molecule has 0 fully saturated rings. The number of nitrogens with one attached hydrogen (secondary N) is 1. The van der Waals surface area contributed by atoms with Crippen molar-refractivity contribution in [3.05, 3.63) is 40.1 Å². The average molecular weight is 291 g/mol. The van der Waals surface area contributed by atoms with Gasteiger partial charge >= 0.3 is 11.6 Å². The van der Waals surface area contributed by atoms with Crippen molar-refractivity contribution in [2.24, 2.45) is 5.84 Å². The summed E-state index contributed by atoms with van der Waals surface area (Å²) in [6.45, 7) is 1.88. The van der Waals surface area contributed by atoms with Crippen LogP contribution in [0.15, 0.2) is 24.4 Å². The Morgan fingerprint density at radius 1 is 1.38 bits per heavy atom. The average Bonchev–Trinajstić information content (AvgIpc) is 2.48. The van der Waals surface area contributed by atoms with Crippen LogP contribution in [0.25, 0.3) is 0 Å². The number of nitrogen functional groups attached to an aromatic ring is 1. The molecule has 9 heteroatoms. The molecule has 110 valence electrons. The van der Waals surface area contributed by atoms with E-state index in [1.54, 1.807) is 18.2 Å². The summed E-state index contributed by atoms with van der Waals surface area (Å²) in [7, 11) is 1.48. The van der Waals surface area contributed by atoms with E-state index in [1.165, 1.54) is 7.11 Å². The number of hydrogen-bond donors (Lipinski definition) is 2. The maximum Gasteiger partial charge on any atom is 0.349 e. The number of aromatic nitrogens is 2. The van der Waals surface area contributed by atoms with Crippen molar-refractivity contribution in [1.29, 1.82) is 0 Å². The number of nitro groups is 1. The highest BCUT2D eigenvalue weighted by atomic mass is 16.6. The van der Waals surface area contributed by atoms with Gasteiger partial charge in [0.15, 0.2) is 11.5 Å². The summed E-state index contributed by atoms with van der Waals surface area (Å²) >= 11 is 0. The van der Waals surface area contributed by atoms with Crippen molar-refractivity contribution in [3.63, 3.8) is 0 Å². The molecule has 2 aromatic rings. The van der Waals surface area contributed by atoms with E-state index in [2.05, 4.69) is 15.4 Å². The first-order valence-corrected chi connectivity index (χ1v) is 5.85. The molecule has 0 radical (unpaired) electrons. The van der Waals surface area contributed by atoms with E-state index in [4.69, 9.17) is 15.3 Å². The first-order chi connectivity index (χ1) is 10.0. The Morgan fingerprint density at radius 2 is 2.14 bits per heavy atom. The van der Waals surface area contributed by atoms with Crippen LogP contribution >= 0.6 is 0 Å². The minimum Gasteiger partial charge on any atom is -0.493 e. The molecular formula is C12H13N5O4. The van der Waals surface area contributed by atoms with Crippen molar-refractivity contribution in [1.82, 2.24) is 9.97 Å². The second-order valence-electron chi connectivity index (χ2n) is 4.04. The predicted molar refractivity (Wildman–Crippen MR) is 74.3 cm³/mol. The van der Waals surface area contributed by atoms with E-state index in [1.807, 2.05) is 6.92 Å². The van der Waals surface area contributed by atoms with E-state index in [0.717, 1.165) is 11.8 Å². The van der Waals surface area contributed by atoms with Crippen LogP contribution in [-0.4, -0.2) is 22.0 Å². The molecule has 0 amide bonds. The van der Waals surface area contributed by atoms with Crippen LogP contribution in [-0.2, 0) is 0 Å². The normalized spacial score (nSPS) is 10.0. The van der Waals surface area contributed by atoms with Crippen LogP contribution in [0, 0.1) is 17.0 Å². The number of methoxy groups -OCH3 is 1. The predicted octanol–water partition coefficient (Wildman–Crippen LogP) is 1.78. The number of nitrogens with zero attached hydrogens (tertiary/aromatic N) is 3. The van der Waals surface area contributed by atoms with Gasteiger partial charge in [-0.3, -0.25) is 15.5 Å². The quantitative estimate of drug-likeness (QED) is 0.485. The fourth-order valence-corrected chi connectivity index (χ4v) is 1.59. The lowest BCUT2D eigenvalue weighted by Gasteiger charge is -2.10. The summed E-state index contributed by atoms with van der Waals surface area (Å²) < 4.78 is 10.7. The Bertz CT molecular complexity index is 677. The molecule has 1 aromatic carbocycles. The molecule has 0 unspecified atom stereocenters. The Labute approximate surface area is 119 Å². The van der Waals surface area contributed by atoms with Gasteiger partial charge in [-0.15, -0.1) is 0 Å². The third kappa shape index (κ3) is 3.15. The van der Waals surface area contributed by atoms with Crippen molar-refractivity contribution in [2.45, 2.75) is 6.92 Å². The summed E-state index contributed by atoms with van der Waals surface area (Å²) in [6, 6.07) is 5.16. The summed E-state index contributed by atoms with van der Waals surface area (Å²) in [6.07, 6.45) is 1.01. The standard InChI is InChI=1S/C12H13N5O4/c1-7-3-4-9(10(5-7)20-2)21-11-8(17(18)19)6-14-12(15-11)16-13/h3-6H,13H2,1-2H3,(H,14,15,16). The van der Waals surface area contributed by atoms with Gasteiger partial charge < -0.3 is 9.47 Å². The van der Waals surface area contributed by atoms with E-state index >= 15 is 0 Å². The lowest BCUT2D eigenvalue weighted by atomic mass is 10.2. The number of anilines is 1. The molecule has 1 heterocycles. The fourth-order valence-electron chi connectivity index (χ4n) is 1.59. The molecule has 0 aliphatic heterocycles. The number of rotatable bonds is 5. The van der Waals surface area contributed by atoms with E-state index in [-0.39, 0.29) is 17.5 Å². The van der Waals surface area contributed by atoms with Gasteiger partial charge in [0.1, 0.15) is 6.20 Å². The zero-order valence-electron chi connectivity index (χ0n) is 11.4. The smallest absolute Gasteiger partial charge is 0.349 e. The molecule has 21 heavy (non-hydrogen) atoms. The molecule has 0 atom stereocenters. The molecule has 3 N–H and O–H groups in total. The van der Waals surface area contributed by atoms with Gasteiger partial charge in [0.25, 0.3) is 0 Å². The van der Waals surface area contributed by atoms with Gasteiger partial charge in [0, 0.05) is 0 Å².